The second-order valence-electron chi connectivity index (χ2n) is 6.21. The van der Waals surface area contributed by atoms with Gasteiger partial charge in [-0.3, -0.25) is 9.80 Å². The van der Waals surface area contributed by atoms with Crippen molar-refractivity contribution in [2.45, 2.75) is 25.9 Å². The zero-order valence-corrected chi connectivity index (χ0v) is 12.9. The quantitative estimate of drug-likeness (QED) is 0.886. The van der Waals surface area contributed by atoms with E-state index < -0.39 is 0 Å². The number of nitrogens with two attached hydrogens (primary N) is 1. The Kier molecular flexibility index (Phi) is 5.02. The molecule has 1 aliphatic heterocycles. The first kappa shape index (κ1) is 15.3. The highest BCUT2D eigenvalue weighted by molar-refractivity contribution is 5.27. The molecule has 1 fully saturated rings. The minimum absolute atomic E-state index is 0.251. The molecule has 0 bridgehead atoms. The van der Waals surface area contributed by atoms with Crippen LogP contribution in [0.1, 0.15) is 19.4 Å². The van der Waals surface area contributed by atoms with Crippen LogP contribution in [0.4, 0.5) is 0 Å². The minimum atomic E-state index is 0.251. The first-order valence-corrected chi connectivity index (χ1v) is 7.37. The van der Waals surface area contributed by atoms with Gasteiger partial charge in [0.1, 0.15) is 12.4 Å². The fraction of sp³-hybridized carbons (Fsp3) is 0.625. The topological polar surface area (TPSA) is 41.7 Å². The maximum atomic E-state index is 5.81. The highest BCUT2D eigenvalue weighted by atomic mass is 16.5. The van der Waals surface area contributed by atoms with Crippen LogP contribution in [0.2, 0.25) is 0 Å². The number of piperazine rings is 1. The zero-order valence-electron chi connectivity index (χ0n) is 12.9. The Hall–Kier alpha value is -1.10. The van der Waals surface area contributed by atoms with Gasteiger partial charge in [-0.15, -0.1) is 0 Å². The lowest BCUT2D eigenvalue weighted by molar-refractivity contribution is 0.0338. The molecule has 2 rings (SSSR count). The first-order valence-electron chi connectivity index (χ1n) is 7.37. The molecule has 1 aliphatic rings. The maximum absolute atomic E-state index is 5.81. The summed E-state index contributed by atoms with van der Waals surface area (Å²) in [6.07, 6.45) is 0. The summed E-state index contributed by atoms with van der Waals surface area (Å²) in [4.78, 5) is 4.91. The Morgan fingerprint density at radius 2 is 1.90 bits per heavy atom. The summed E-state index contributed by atoms with van der Waals surface area (Å²) in [5.41, 5.74) is 6.97. The summed E-state index contributed by atoms with van der Waals surface area (Å²) in [6.45, 7) is 10.2. The van der Waals surface area contributed by atoms with Crippen molar-refractivity contribution in [1.29, 1.82) is 0 Å². The van der Waals surface area contributed by atoms with E-state index in [2.05, 4.69) is 30.7 Å². The molecule has 0 atom stereocenters. The Morgan fingerprint density at radius 1 is 1.20 bits per heavy atom. The third-order valence-electron chi connectivity index (χ3n) is 4.23. The van der Waals surface area contributed by atoms with Crippen LogP contribution in [0, 0.1) is 0 Å². The average molecular weight is 277 g/mol. The van der Waals surface area contributed by atoms with Crippen LogP contribution >= 0.6 is 0 Å². The van der Waals surface area contributed by atoms with Gasteiger partial charge in [0.05, 0.1) is 0 Å². The number of ether oxygens (including phenoxy) is 1. The van der Waals surface area contributed by atoms with Crippen molar-refractivity contribution >= 4 is 0 Å². The van der Waals surface area contributed by atoms with Gasteiger partial charge >= 0.3 is 0 Å². The van der Waals surface area contributed by atoms with Crippen LogP contribution in [-0.4, -0.2) is 55.2 Å². The predicted molar refractivity (Wildman–Crippen MR) is 83.0 cm³/mol. The van der Waals surface area contributed by atoms with Gasteiger partial charge < -0.3 is 10.5 Å². The van der Waals surface area contributed by atoms with Gasteiger partial charge in [0, 0.05) is 38.3 Å². The van der Waals surface area contributed by atoms with E-state index in [1.165, 1.54) is 0 Å². The monoisotopic (exact) mass is 277 g/mol. The van der Waals surface area contributed by atoms with E-state index in [0.717, 1.165) is 44.1 Å². The number of hydrogen-bond donors (Lipinski definition) is 1. The molecule has 1 saturated heterocycles. The summed E-state index contributed by atoms with van der Waals surface area (Å²) >= 11 is 0. The van der Waals surface area contributed by atoms with Gasteiger partial charge in [-0.25, -0.2) is 0 Å². The Labute approximate surface area is 122 Å². The van der Waals surface area contributed by atoms with Gasteiger partial charge in [0.25, 0.3) is 0 Å². The lowest BCUT2D eigenvalue weighted by Gasteiger charge is -2.45. The van der Waals surface area contributed by atoms with Crippen LogP contribution in [0.3, 0.4) is 0 Å². The van der Waals surface area contributed by atoms with Crippen LogP contribution in [-0.2, 0) is 6.54 Å². The van der Waals surface area contributed by atoms with E-state index >= 15 is 0 Å². The van der Waals surface area contributed by atoms with Crippen molar-refractivity contribution in [3.05, 3.63) is 29.8 Å². The first-order chi connectivity index (χ1) is 9.51. The van der Waals surface area contributed by atoms with E-state index in [4.69, 9.17) is 10.5 Å². The SMILES string of the molecule is CN1CCN(CCOc2ccc(CN)cc2)CC1(C)C. The van der Waals surface area contributed by atoms with Crippen molar-refractivity contribution < 1.29 is 4.74 Å². The van der Waals surface area contributed by atoms with Crippen molar-refractivity contribution in [2.24, 2.45) is 5.73 Å². The van der Waals surface area contributed by atoms with Crippen molar-refractivity contribution in [1.82, 2.24) is 9.80 Å². The Balaban J connectivity index is 1.75. The summed E-state index contributed by atoms with van der Waals surface area (Å²) < 4.78 is 5.81. The highest BCUT2D eigenvalue weighted by Gasteiger charge is 2.30. The molecular formula is C16H27N3O. The van der Waals surface area contributed by atoms with Crippen LogP contribution < -0.4 is 10.5 Å². The van der Waals surface area contributed by atoms with Gasteiger partial charge in [-0.1, -0.05) is 12.1 Å². The average Bonchev–Trinajstić information content (AvgIpc) is 2.43. The lowest BCUT2D eigenvalue weighted by Crippen LogP contribution is -2.58. The fourth-order valence-electron chi connectivity index (χ4n) is 2.55. The number of benzene rings is 1. The van der Waals surface area contributed by atoms with E-state index in [1.54, 1.807) is 0 Å². The van der Waals surface area contributed by atoms with Gasteiger partial charge in [0.15, 0.2) is 0 Å². The number of nitrogens with zero attached hydrogens (tertiary/aromatic N) is 2. The Bertz CT molecular complexity index is 416. The number of hydrogen-bond acceptors (Lipinski definition) is 4. The molecule has 0 unspecified atom stereocenters. The molecule has 0 saturated carbocycles. The molecule has 0 aliphatic carbocycles. The van der Waals surface area contributed by atoms with Crippen LogP contribution in [0.5, 0.6) is 5.75 Å². The molecular weight excluding hydrogens is 250 g/mol. The molecule has 2 N–H and O–H groups in total. The molecule has 112 valence electrons. The van der Waals surface area contributed by atoms with E-state index in [0.29, 0.717) is 6.54 Å². The van der Waals surface area contributed by atoms with Crippen LogP contribution in [0.25, 0.3) is 0 Å². The third-order valence-corrected chi connectivity index (χ3v) is 4.23. The van der Waals surface area contributed by atoms with Crippen molar-refractivity contribution in [3.8, 4) is 5.75 Å². The highest BCUT2D eigenvalue weighted by Crippen LogP contribution is 2.18. The summed E-state index contributed by atoms with van der Waals surface area (Å²) in [5.74, 6) is 0.926. The zero-order chi connectivity index (χ0) is 14.6. The normalized spacial score (nSPS) is 20.0. The predicted octanol–water partition coefficient (Wildman–Crippen LogP) is 1.55. The number of rotatable bonds is 5. The fourth-order valence-corrected chi connectivity index (χ4v) is 2.55. The molecule has 4 nitrogen and oxygen atoms in total. The third kappa shape index (κ3) is 3.95. The van der Waals surface area contributed by atoms with Crippen molar-refractivity contribution in [2.75, 3.05) is 39.8 Å². The molecule has 0 aromatic heterocycles. The molecule has 20 heavy (non-hydrogen) atoms. The van der Waals surface area contributed by atoms with Crippen molar-refractivity contribution in [3.63, 3.8) is 0 Å². The molecule has 0 radical (unpaired) electrons. The second kappa shape index (κ2) is 6.57. The maximum Gasteiger partial charge on any atom is 0.119 e. The summed E-state index contributed by atoms with van der Waals surface area (Å²) in [6, 6.07) is 8.04. The van der Waals surface area contributed by atoms with E-state index in [9.17, 15) is 0 Å². The smallest absolute Gasteiger partial charge is 0.119 e. The van der Waals surface area contributed by atoms with E-state index in [-0.39, 0.29) is 5.54 Å². The molecule has 4 heteroatoms. The number of likely N-dealkylation sites (N-methyl/N-ethyl adjacent to an activating group) is 1. The van der Waals surface area contributed by atoms with Gasteiger partial charge in [-0.2, -0.15) is 0 Å². The Morgan fingerprint density at radius 3 is 2.50 bits per heavy atom. The molecule has 1 heterocycles. The largest absolute Gasteiger partial charge is 0.492 e. The lowest BCUT2D eigenvalue weighted by atomic mass is 10.00. The van der Waals surface area contributed by atoms with E-state index in [1.807, 2.05) is 24.3 Å². The minimum Gasteiger partial charge on any atom is -0.492 e. The molecule has 0 spiro atoms. The van der Waals surface area contributed by atoms with Crippen LogP contribution in [0.15, 0.2) is 24.3 Å². The van der Waals surface area contributed by atoms with Gasteiger partial charge in [-0.05, 0) is 38.6 Å². The standard InChI is InChI=1S/C16H27N3O/c1-16(2)13-19(9-8-18(16)3)10-11-20-15-6-4-14(12-17)5-7-15/h4-7H,8-13,17H2,1-3H3. The molecule has 1 aromatic carbocycles. The molecule has 1 aromatic rings. The second-order valence-corrected chi connectivity index (χ2v) is 6.21. The molecule has 0 amide bonds. The summed E-state index contributed by atoms with van der Waals surface area (Å²) in [7, 11) is 2.20. The van der Waals surface area contributed by atoms with Gasteiger partial charge in [0.2, 0.25) is 0 Å². The summed E-state index contributed by atoms with van der Waals surface area (Å²) in [5, 5.41) is 0.